The van der Waals surface area contributed by atoms with Gasteiger partial charge in [-0.15, -0.1) is 0 Å². The fourth-order valence-electron chi connectivity index (χ4n) is 2.97. The molecule has 1 fully saturated rings. The highest BCUT2D eigenvalue weighted by Gasteiger charge is 2.22. The summed E-state index contributed by atoms with van der Waals surface area (Å²) in [6.07, 6.45) is 2.70. The smallest absolute Gasteiger partial charge is 0.0396 e. The quantitative estimate of drug-likeness (QED) is 0.743. The molecule has 0 spiro atoms. The summed E-state index contributed by atoms with van der Waals surface area (Å²) >= 11 is 6.06. The molecule has 1 aromatic rings. The second-order valence-electron chi connectivity index (χ2n) is 5.23. The number of fused-ring (bicyclic) bond motifs is 1. The number of likely N-dealkylation sites (tertiary alicyclic amines) is 1. The third kappa shape index (κ3) is 2.22. The van der Waals surface area contributed by atoms with Gasteiger partial charge in [-0.05, 0) is 61.3 Å². The van der Waals surface area contributed by atoms with Crippen LogP contribution in [0.1, 0.15) is 42.5 Å². The largest absolute Gasteiger partial charge is 0.297 e. The molecule has 0 aromatic heterocycles. The van der Waals surface area contributed by atoms with Crippen molar-refractivity contribution in [1.82, 2.24) is 9.32 Å². The summed E-state index contributed by atoms with van der Waals surface area (Å²) in [5.74, 6) is 0. The Bertz CT molecular complexity index is 413. The highest BCUT2D eigenvalue weighted by molar-refractivity contribution is 6.13. The lowest BCUT2D eigenvalue weighted by Gasteiger charge is -2.24. The summed E-state index contributed by atoms with van der Waals surface area (Å²) in [6.45, 7) is 6.59. The monoisotopic (exact) mass is 250 g/mol. The van der Waals surface area contributed by atoms with Crippen LogP contribution in [-0.2, 0) is 13.1 Å². The molecule has 0 bridgehead atoms. The van der Waals surface area contributed by atoms with E-state index in [1.165, 1.54) is 42.6 Å². The second-order valence-corrected chi connectivity index (χ2v) is 5.70. The minimum atomic E-state index is 0.548. The molecule has 2 heterocycles. The lowest BCUT2D eigenvalue weighted by Crippen LogP contribution is -2.23. The van der Waals surface area contributed by atoms with Gasteiger partial charge in [-0.2, -0.15) is 0 Å². The summed E-state index contributed by atoms with van der Waals surface area (Å²) < 4.78 is 1.86. The molecule has 0 N–H and O–H groups in total. The number of hydrogen-bond acceptors (Lipinski definition) is 2. The molecule has 2 nitrogen and oxygen atoms in total. The van der Waals surface area contributed by atoms with Crippen LogP contribution >= 0.6 is 11.8 Å². The minimum absolute atomic E-state index is 0.548. The van der Waals surface area contributed by atoms with E-state index in [0.717, 1.165) is 13.1 Å². The van der Waals surface area contributed by atoms with Crippen LogP contribution in [0.3, 0.4) is 0 Å². The first-order chi connectivity index (χ1) is 8.24. The van der Waals surface area contributed by atoms with Crippen LogP contribution in [0.4, 0.5) is 0 Å². The van der Waals surface area contributed by atoms with Crippen molar-refractivity contribution in [3.8, 4) is 0 Å². The van der Waals surface area contributed by atoms with E-state index in [4.69, 9.17) is 11.8 Å². The molecule has 1 aromatic carbocycles. The first kappa shape index (κ1) is 11.5. The third-order valence-electron chi connectivity index (χ3n) is 4.08. The Morgan fingerprint density at radius 3 is 2.59 bits per heavy atom. The van der Waals surface area contributed by atoms with E-state index >= 15 is 0 Å². The minimum Gasteiger partial charge on any atom is -0.297 e. The van der Waals surface area contributed by atoms with Crippen molar-refractivity contribution in [2.24, 2.45) is 0 Å². The van der Waals surface area contributed by atoms with Crippen LogP contribution in [-0.4, -0.2) is 22.4 Å². The van der Waals surface area contributed by atoms with Crippen molar-refractivity contribution in [2.45, 2.75) is 38.9 Å². The lowest BCUT2D eigenvalue weighted by molar-refractivity contribution is 0.263. The van der Waals surface area contributed by atoms with Crippen molar-refractivity contribution in [1.29, 1.82) is 0 Å². The van der Waals surface area contributed by atoms with Crippen LogP contribution in [0.5, 0.6) is 0 Å². The van der Waals surface area contributed by atoms with E-state index < -0.39 is 0 Å². The lowest BCUT2D eigenvalue weighted by atomic mass is 10.0. The maximum Gasteiger partial charge on any atom is 0.0396 e. The van der Waals surface area contributed by atoms with Crippen molar-refractivity contribution < 1.29 is 0 Å². The number of halogens is 1. The zero-order valence-corrected chi connectivity index (χ0v) is 11.1. The average Bonchev–Trinajstić information content (AvgIpc) is 2.94. The molecule has 0 aliphatic carbocycles. The van der Waals surface area contributed by atoms with Crippen molar-refractivity contribution >= 4 is 11.8 Å². The Labute approximate surface area is 108 Å². The topological polar surface area (TPSA) is 6.48 Å². The molecule has 2 aliphatic heterocycles. The summed E-state index contributed by atoms with van der Waals surface area (Å²) in [7, 11) is 0. The first-order valence-electron chi connectivity index (χ1n) is 6.50. The molecule has 92 valence electrons. The van der Waals surface area contributed by atoms with Gasteiger partial charge in [0.1, 0.15) is 0 Å². The van der Waals surface area contributed by atoms with E-state index in [2.05, 4.69) is 30.0 Å². The molecule has 0 saturated carbocycles. The Morgan fingerprint density at radius 2 is 1.82 bits per heavy atom. The van der Waals surface area contributed by atoms with Crippen molar-refractivity contribution in [3.63, 3.8) is 0 Å². The predicted octanol–water partition coefficient (Wildman–Crippen LogP) is 3.31. The third-order valence-corrected chi connectivity index (χ3v) is 4.32. The molecule has 17 heavy (non-hydrogen) atoms. The van der Waals surface area contributed by atoms with E-state index in [0.29, 0.717) is 6.04 Å². The highest BCUT2D eigenvalue weighted by atomic mass is 35.5. The van der Waals surface area contributed by atoms with Gasteiger partial charge in [-0.1, -0.05) is 18.2 Å². The van der Waals surface area contributed by atoms with Crippen LogP contribution < -0.4 is 0 Å². The number of benzene rings is 1. The molecule has 3 rings (SSSR count). The van der Waals surface area contributed by atoms with Gasteiger partial charge >= 0.3 is 0 Å². The summed E-state index contributed by atoms with van der Waals surface area (Å²) in [6, 6.07) is 7.42. The van der Waals surface area contributed by atoms with Gasteiger partial charge in [0.15, 0.2) is 0 Å². The van der Waals surface area contributed by atoms with Gasteiger partial charge in [0, 0.05) is 19.1 Å². The van der Waals surface area contributed by atoms with Gasteiger partial charge in [0.2, 0.25) is 0 Å². The van der Waals surface area contributed by atoms with Gasteiger partial charge < -0.3 is 0 Å². The van der Waals surface area contributed by atoms with Gasteiger partial charge in [-0.3, -0.25) is 4.90 Å². The molecule has 0 radical (unpaired) electrons. The average molecular weight is 251 g/mol. The number of rotatable bonds is 2. The first-order valence-corrected chi connectivity index (χ1v) is 6.84. The van der Waals surface area contributed by atoms with Gasteiger partial charge in [-0.25, -0.2) is 4.42 Å². The van der Waals surface area contributed by atoms with E-state index in [-0.39, 0.29) is 0 Å². The fourth-order valence-corrected chi connectivity index (χ4v) is 3.23. The van der Waals surface area contributed by atoms with Crippen LogP contribution in [0.15, 0.2) is 18.2 Å². The standard InChI is InChI=1S/C14H19ClN2/c1-11(16-6-2-3-7-16)12-4-5-13-9-17(15)10-14(13)8-12/h4-5,8,11H,2-3,6-7,9-10H2,1H3. The van der Waals surface area contributed by atoms with Crippen LogP contribution in [0, 0.1) is 0 Å². The van der Waals surface area contributed by atoms with Crippen molar-refractivity contribution in [2.75, 3.05) is 13.1 Å². The van der Waals surface area contributed by atoms with E-state index in [1.54, 1.807) is 0 Å². The van der Waals surface area contributed by atoms with Gasteiger partial charge in [0.05, 0.1) is 0 Å². The summed E-state index contributed by atoms with van der Waals surface area (Å²) in [5, 5.41) is 0. The molecular weight excluding hydrogens is 232 g/mol. The van der Waals surface area contributed by atoms with Gasteiger partial charge in [0.25, 0.3) is 0 Å². The number of hydrogen-bond donors (Lipinski definition) is 0. The van der Waals surface area contributed by atoms with E-state index in [9.17, 15) is 0 Å². The number of nitrogens with zero attached hydrogens (tertiary/aromatic N) is 2. The van der Waals surface area contributed by atoms with Crippen molar-refractivity contribution in [3.05, 3.63) is 34.9 Å². The molecule has 3 heteroatoms. The maximum absolute atomic E-state index is 6.06. The Kier molecular flexibility index (Phi) is 3.12. The molecular formula is C14H19ClN2. The molecule has 0 amide bonds. The normalized spacial score (nSPS) is 22.9. The fraction of sp³-hybridized carbons (Fsp3) is 0.571. The van der Waals surface area contributed by atoms with Crippen LogP contribution in [0.25, 0.3) is 0 Å². The second kappa shape index (κ2) is 4.60. The Hall–Kier alpha value is -0.570. The predicted molar refractivity (Wildman–Crippen MR) is 70.8 cm³/mol. The summed E-state index contributed by atoms with van der Waals surface area (Å²) in [4.78, 5) is 2.58. The zero-order valence-electron chi connectivity index (χ0n) is 10.3. The van der Waals surface area contributed by atoms with Crippen LogP contribution in [0.2, 0.25) is 0 Å². The van der Waals surface area contributed by atoms with E-state index in [1.807, 2.05) is 4.42 Å². The molecule has 1 unspecified atom stereocenters. The molecule has 1 atom stereocenters. The SMILES string of the molecule is CC(c1ccc2c(c1)CN(Cl)C2)N1CCCC1. The maximum atomic E-state index is 6.06. The molecule has 1 saturated heterocycles. The molecule has 2 aliphatic rings. The Morgan fingerprint density at radius 1 is 1.12 bits per heavy atom. The zero-order chi connectivity index (χ0) is 11.8. The Balaban J connectivity index is 1.82. The highest BCUT2D eigenvalue weighted by Crippen LogP contribution is 2.30. The summed E-state index contributed by atoms with van der Waals surface area (Å²) in [5.41, 5.74) is 4.23.